The number of amidine groups is 1. The van der Waals surface area contributed by atoms with Crippen LogP contribution in [0, 0.1) is 0 Å². The van der Waals surface area contributed by atoms with Crippen LogP contribution in [0.4, 0.5) is 5.69 Å². The number of nitrogens with one attached hydrogen (secondary N) is 1. The van der Waals surface area contributed by atoms with E-state index >= 15 is 0 Å². The van der Waals surface area contributed by atoms with Crippen LogP contribution in [0.15, 0.2) is 59.2 Å². The van der Waals surface area contributed by atoms with E-state index in [1.165, 1.54) is 16.7 Å². The standard InChI is InChI=1S/C25H29N3O4S/c1-5-18(6-2)26-23(29)16-33-25-27-22(14-17-10-12-20(31-3)13-11-17)24(30)28(25)19-8-7-9-21(15-19)32-4/h7-15,18H,5-6,16H2,1-4H3,(H,26,29)/b22-14-. The van der Waals surface area contributed by atoms with Gasteiger partial charge in [-0.1, -0.05) is 43.8 Å². The highest BCUT2D eigenvalue weighted by molar-refractivity contribution is 8.14. The van der Waals surface area contributed by atoms with Crippen LogP contribution < -0.4 is 19.7 Å². The largest absolute Gasteiger partial charge is 0.497 e. The van der Waals surface area contributed by atoms with Gasteiger partial charge in [0.15, 0.2) is 5.17 Å². The van der Waals surface area contributed by atoms with E-state index in [2.05, 4.69) is 10.3 Å². The lowest BCUT2D eigenvalue weighted by Crippen LogP contribution is -2.36. The molecule has 0 spiro atoms. The van der Waals surface area contributed by atoms with Gasteiger partial charge in [0, 0.05) is 12.1 Å². The Bertz CT molecular complexity index is 1050. The van der Waals surface area contributed by atoms with Crippen LogP contribution >= 0.6 is 11.8 Å². The molecule has 174 valence electrons. The van der Waals surface area contributed by atoms with Crippen molar-refractivity contribution in [1.82, 2.24) is 5.32 Å². The van der Waals surface area contributed by atoms with Gasteiger partial charge < -0.3 is 14.8 Å². The number of carbonyl (C=O) groups excluding carboxylic acids is 2. The lowest BCUT2D eigenvalue weighted by Gasteiger charge is -2.19. The van der Waals surface area contributed by atoms with E-state index in [4.69, 9.17) is 9.47 Å². The molecule has 0 aromatic heterocycles. The van der Waals surface area contributed by atoms with Gasteiger partial charge in [0.2, 0.25) is 5.91 Å². The second-order valence-electron chi connectivity index (χ2n) is 7.41. The van der Waals surface area contributed by atoms with E-state index in [1.54, 1.807) is 26.4 Å². The van der Waals surface area contributed by atoms with Crippen LogP contribution in [0.1, 0.15) is 32.3 Å². The Kier molecular flexibility index (Phi) is 8.54. The first kappa shape index (κ1) is 24.4. The third-order valence-electron chi connectivity index (χ3n) is 5.24. The smallest absolute Gasteiger partial charge is 0.283 e. The zero-order valence-corrected chi connectivity index (χ0v) is 20.1. The molecule has 0 saturated heterocycles. The lowest BCUT2D eigenvalue weighted by atomic mass is 10.2. The molecule has 0 aliphatic carbocycles. The maximum atomic E-state index is 13.3. The second-order valence-corrected chi connectivity index (χ2v) is 8.35. The topological polar surface area (TPSA) is 80.2 Å². The van der Waals surface area contributed by atoms with E-state index in [9.17, 15) is 9.59 Å². The Labute approximate surface area is 198 Å². The molecular weight excluding hydrogens is 438 g/mol. The maximum Gasteiger partial charge on any atom is 0.283 e. The van der Waals surface area contributed by atoms with Crippen molar-refractivity contribution in [2.45, 2.75) is 32.7 Å². The van der Waals surface area contributed by atoms with E-state index in [1.807, 2.05) is 56.3 Å². The molecule has 2 amide bonds. The molecule has 8 heteroatoms. The number of ether oxygens (including phenoxy) is 2. The molecule has 2 aromatic rings. The minimum atomic E-state index is -0.262. The summed E-state index contributed by atoms with van der Waals surface area (Å²) in [6.07, 6.45) is 3.47. The van der Waals surface area contributed by atoms with Crippen LogP contribution in [0.3, 0.4) is 0 Å². The predicted molar refractivity (Wildman–Crippen MR) is 134 cm³/mol. The van der Waals surface area contributed by atoms with Gasteiger partial charge in [-0.25, -0.2) is 4.99 Å². The summed E-state index contributed by atoms with van der Waals surface area (Å²) in [6, 6.07) is 14.7. The molecule has 0 bridgehead atoms. The van der Waals surface area contributed by atoms with Crippen molar-refractivity contribution in [1.29, 1.82) is 0 Å². The minimum absolute atomic E-state index is 0.0815. The Balaban J connectivity index is 1.87. The lowest BCUT2D eigenvalue weighted by molar-refractivity contribution is -0.119. The van der Waals surface area contributed by atoms with Crippen LogP contribution in [0.2, 0.25) is 0 Å². The maximum absolute atomic E-state index is 13.3. The number of thioether (sulfide) groups is 1. The number of hydrogen-bond donors (Lipinski definition) is 1. The van der Waals surface area contributed by atoms with Gasteiger partial charge in [-0.15, -0.1) is 0 Å². The molecule has 1 N–H and O–H groups in total. The van der Waals surface area contributed by atoms with Gasteiger partial charge in [-0.2, -0.15) is 0 Å². The molecule has 0 radical (unpaired) electrons. The number of hydrogen-bond acceptors (Lipinski definition) is 6. The number of nitrogens with zero attached hydrogens (tertiary/aromatic N) is 2. The summed E-state index contributed by atoms with van der Waals surface area (Å²) < 4.78 is 10.5. The quantitative estimate of drug-likeness (QED) is 0.550. The van der Waals surface area contributed by atoms with Crippen molar-refractivity contribution in [3.63, 3.8) is 0 Å². The third-order valence-corrected chi connectivity index (χ3v) is 6.18. The number of anilines is 1. The Hall–Kier alpha value is -3.26. The summed E-state index contributed by atoms with van der Waals surface area (Å²) in [7, 11) is 3.18. The van der Waals surface area contributed by atoms with Gasteiger partial charge in [-0.05, 0) is 48.7 Å². The summed E-state index contributed by atoms with van der Waals surface area (Å²) in [4.78, 5) is 31.9. The van der Waals surface area contributed by atoms with Gasteiger partial charge in [-0.3, -0.25) is 14.5 Å². The van der Waals surface area contributed by atoms with Crippen molar-refractivity contribution in [2.24, 2.45) is 4.99 Å². The molecule has 1 aliphatic rings. The molecule has 0 saturated carbocycles. The van der Waals surface area contributed by atoms with Crippen LogP contribution in [0.25, 0.3) is 6.08 Å². The molecule has 0 fully saturated rings. The van der Waals surface area contributed by atoms with E-state index in [0.717, 1.165) is 24.2 Å². The summed E-state index contributed by atoms with van der Waals surface area (Å²) in [5.74, 6) is 1.18. The van der Waals surface area contributed by atoms with Crippen LogP contribution in [-0.2, 0) is 9.59 Å². The monoisotopic (exact) mass is 467 g/mol. The Morgan fingerprint density at radius 3 is 2.42 bits per heavy atom. The number of benzene rings is 2. The average molecular weight is 468 g/mol. The van der Waals surface area contributed by atoms with Gasteiger partial charge in [0.25, 0.3) is 5.91 Å². The Morgan fingerprint density at radius 2 is 1.79 bits per heavy atom. The fraction of sp³-hybridized carbons (Fsp3) is 0.320. The third kappa shape index (κ3) is 6.16. The van der Waals surface area contributed by atoms with Crippen molar-refractivity contribution in [2.75, 3.05) is 24.9 Å². The molecule has 7 nitrogen and oxygen atoms in total. The molecule has 2 aromatic carbocycles. The molecule has 3 rings (SSSR count). The van der Waals surface area contributed by atoms with Gasteiger partial charge in [0.05, 0.1) is 25.7 Å². The second kappa shape index (κ2) is 11.6. The molecule has 0 unspecified atom stereocenters. The first-order valence-electron chi connectivity index (χ1n) is 10.8. The number of rotatable bonds is 9. The number of aliphatic imine (C=N–C) groups is 1. The molecule has 33 heavy (non-hydrogen) atoms. The zero-order chi connectivity index (χ0) is 23.8. The van der Waals surface area contributed by atoms with E-state index in [-0.39, 0.29) is 23.6 Å². The Morgan fingerprint density at radius 1 is 1.09 bits per heavy atom. The number of amides is 2. The first-order valence-corrected chi connectivity index (χ1v) is 11.8. The van der Waals surface area contributed by atoms with Crippen molar-refractivity contribution in [3.8, 4) is 11.5 Å². The van der Waals surface area contributed by atoms with E-state index in [0.29, 0.717) is 22.3 Å². The summed E-state index contributed by atoms with van der Waals surface area (Å²) >= 11 is 1.24. The van der Waals surface area contributed by atoms with Crippen LogP contribution in [-0.4, -0.2) is 43.0 Å². The van der Waals surface area contributed by atoms with Crippen molar-refractivity contribution in [3.05, 3.63) is 59.8 Å². The predicted octanol–water partition coefficient (Wildman–Crippen LogP) is 4.49. The molecule has 1 aliphatic heterocycles. The highest BCUT2D eigenvalue weighted by atomic mass is 32.2. The highest BCUT2D eigenvalue weighted by Gasteiger charge is 2.32. The SMILES string of the molecule is CCC(CC)NC(=O)CSC1=N/C(=C\c2ccc(OC)cc2)C(=O)N1c1cccc(OC)c1. The van der Waals surface area contributed by atoms with E-state index < -0.39 is 0 Å². The number of carbonyl (C=O) groups is 2. The normalized spacial score (nSPS) is 14.6. The average Bonchev–Trinajstić information content (AvgIpc) is 3.16. The minimum Gasteiger partial charge on any atom is -0.497 e. The van der Waals surface area contributed by atoms with Crippen molar-refractivity contribution < 1.29 is 19.1 Å². The molecular formula is C25H29N3O4S. The zero-order valence-electron chi connectivity index (χ0n) is 19.3. The van der Waals surface area contributed by atoms with Gasteiger partial charge in [0.1, 0.15) is 17.2 Å². The molecule has 1 heterocycles. The summed E-state index contributed by atoms with van der Waals surface area (Å²) in [6.45, 7) is 4.09. The highest BCUT2D eigenvalue weighted by Crippen LogP contribution is 2.31. The molecule has 0 atom stereocenters. The van der Waals surface area contributed by atoms with Crippen molar-refractivity contribution >= 4 is 40.5 Å². The summed E-state index contributed by atoms with van der Waals surface area (Å²) in [5, 5.41) is 3.47. The number of methoxy groups -OCH3 is 2. The first-order chi connectivity index (χ1) is 16.0. The fourth-order valence-electron chi connectivity index (χ4n) is 3.32. The summed E-state index contributed by atoms with van der Waals surface area (Å²) in [5.41, 5.74) is 1.75. The van der Waals surface area contributed by atoms with Gasteiger partial charge >= 0.3 is 0 Å². The fourth-order valence-corrected chi connectivity index (χ4v) is 4.14. The van der Waals surface area contributed by atoms with Crippen LogP contribution in [0.5, 0.6) is 11.5 Å².